The molecule has 0 bridgehead atoms. The van der Waals surface area contributed by atoms with Gasteiger partial charge in [0, 0.05) is 29.4 Å². The van der Waals surface area contributed by atoms with Crippen LogP contribution in [-0.2, 0) is 0 Å². The molecule has 2 heterocycles. The average Bonchev–Trinajstić information content (AvgIpc) is 2.65. The van der Waals surface area contributed by atoms with Gasteiger partial charge in [-0.05, 0) is 30.5 Å². The first-order valence-electron chi connectivity index (χ1n) is 4.49. The summed E-state index contributed by atoms with van der Waals surface area (Å²) >= 11 is 1.75. The molecule has 0 saturated carbocycles. The molecule has 0 aliphatic carbocycles. The lowest BCUT2D eigenvalue weighted by molar-refractivity contribution is 1.31. The fourth-order valence-electron chi connectivity index (χ4n) is 1.38. The van der Waals surface area contributed by atoms with E-state index in [1.54, 1.807) is 11.3 Å². The van der Waals surface area contributed by atoms with Crippen molar-refractivity contribution in [3.63, 3.8) is 0 Å². The zero-order chi connectivity index (χ0) is 9.97. The van der Waals surface area contributed by atoms with E-state index >= 15 is 0 Å². The summed E-state index contributed by atoms with van der Waals surface area (Å²) in [6, 6.07) is 6.14. The van der Waals surface area contributed by atoms with Gasteiger partial charge in [-0.15, -0.1) is 11.3 Å². The maximum absolute atomic E-state index is 4.36. The molecule has 1 N–H and O–H groups in total. The zero-order valence-corrected chi connectivity index (χ0v) is 9.06. The monoisotopic (exact) mass is 204 g/mol. The third kappa shape index (κ3) is 1.63. The average molecular weight is 204 g/mol. The summed E-state index contributed by atoms with van der Waals surface area (Å²) in [6.07, 6.45) is 1.83. The van der Waals surface area contributed by atoms with Crippen LogP contribution in [0.25, 0.3) is 11.3 Å². The lowest BCUT2D eigenvalue weighted by atomic mass is 10.1. The van der Waals surface area contributed by atoms with Crippen LogP contribution in [0.2, 0.25) is 0 Å². The summed E-state index contributed by atoms with van der Waals surface area (Å²) in [4.78, 5) is 5.67. The maximum Gasteiger partial charge on any atom is 0.0733 e. The number of hydrogen-bond acceptors (Lipinski definition) is 3. The molecule has 2 nitrogen and oxygen atoms in total. The first-order valence-corrected chi connectivity index (χ1v) is 5.37. The van der Waals surface area contributed by atoms with Gasteiger partial charge in [0.2, 0.25) is 0 Å². The van der Waals surface area contributed by atoms with Crippen molar-refractivity contribution >= 4 is 17.0 Å². The highest BCUT2D eigenvalue weighted by Gasteiger charge is 2.04. The molecule has 2 aromatic heterocycles. The summed E-state index contributed by atoms with van der Waals surface area (Å²) in [5.41, 5.74) is 3.36. The van der Waals surface area contributed by atoms with Crippen LogP contribution in [0.3, 0.4) is 0 Å². The lowest BCUT2D eigenvalue weighted by Crippen LogP contribution is -1.90. The lowest BCUT2D eigenvalue weighted by Gasteiger charge is -2.02. The number of pyridine rings is 1. The minimum atomic E-state index is 1.04. The minimum Gasteiger partial charge on any atom is -0.388 e. The van der Waals surface area contributed by atoms with Crippen LogP contribution < -0.4 is 5.32 Å². The van der Waals surface area contributed by atoms with E-state index in [9.17, 15) is 0 Å². The van der Waals surface area contributed by atoms with Crippen molar-refractivity contribution < 1.29 is 0 Å². The van der Waals surface area contributed by atoms with Gasteiger partial charge in [0.05, 0.1) is 5.69 Å². The first-order chi connectivity index (χ1) is 6.81. The molecule has 14 heavy (non-hydrogen) atoms. The van der Waals surface area contributed by atoms with Crippen molar-refractivity contribution in [1.82, 2.24) is 4.98 Å². The number of nitrogens with zero attached hydrogens (tertiary/aromatic N) is 1. The minimum absolute atomic E-state index is 1.04. The Morgan fingerprint density at radius 1 is 1.36 bits per heavy atom. The molecule has 0 unspecified atom stereocenters. The highest BCUT2D eigenvalue weighted by Crippen LogP contribution is 2.26. The van der Waals surface area contributed by atoms with Crippen LogP contribution in [-0.4, -0.2) is 12.0 Å². The molecule has 3 heteroatoms. The Hall–Kier alpha value is -1.35. The molecule has 0 aromatic carbocycles. The van der Waals surface area contributed by atoms with E-state index in [0.717, 1.165) is 11.4 Å². The van der Waals surface area contributed by atoms with Crippen LogP contribution in [0.1, 0.15) is 4.88 Å². The molecule has 0 saturated heterocycles. The van der Waals surface area contributed by atoms with E-state index in [2.05, 4.69) is 34.7 Å². The molecule has 0 radical (unpaired) electrons. The highest BCUT2D eigenvalue weighted by atomic mass is 32.1. The van der Waals surface area contributed by atoms with Crippen molar-refractivity contribution in [3.05, 3.63) is 34.7 Å². The third-order valence-electron chi connectivity index (χ3n) is 2.18. The van der Waals surface area contributed by atoms with E-state index < -0.39 is 0 Å². The fraction of sp³-hybridized carbons (Fsp3) is 0.182. The summed E-state index contributed by atoms with van der Waals surface area (Å²) < 4.78 is 0. The van der Waals surface area contributed by atoms with Crippen molar-refractivity contribution in [2.45, 2.75) is 6.92 Å². The molecule has 0 atom stereocenters. The predicted molar refractivity (Wildman–Crippen MR) is 61.8 cm³/mol. The van der Waals surface area contributed by atoms with Gasteiger partial charge in [0.1, 0.15) is 0 Å². The van der Waals surface area contributed by atoms with Gasteiger partial charge in [-0.1, -0.05) is 0 Å². The Morgan fingerprint density at radius 3 is 2.86 bits per heavy atom. The van der Waals surface area contributed by atoms with Crippen LogP contribution in [0, 0.1) is 6.92 Å². The smallest absolute Gasteiger partial charge is 0.0733 e. The van der Waals surface area contributed by atoms with Crippen molar-refractivity contribution in [3.8, 4) is 11.3 Å². The first kappa shape index (κ1) is 9.21. The number of anilines is 1. The fourth-order valence-corrected chi connectivity index (χ4v) is 2.09. The Morgan fingerprint density at radius 2 is 2.21 bits per heavy atom. The zero-order valence-electron chi connectivity index (χ0n) is 8.24. The van der Waals surface area contributed by atoms with Gasteiger partial charge in [-0.25, -0.2) is 0 Å². The highest BCUT2D eigenvalue weighted by molar-refractivity contribution is 7.10. The van der Waals surface area contributed by atoms with Crippen molar-refractivity contribution in [1.29, 1.82) is 0 Å². The molecule has 0 spiro atoms. The molecule has 0 aliphatic rings. The van der Waals surface area contributed by atoms with Gasteiger partial charge in [-0.3, -0.25) is 4.98 Å². The van der Waals surface area contributed by atoms with E-state index in [1.165, 1.54) is 10.4 Å². The molecule has 0 fully saturated rings. The van der Waals surface area contributed by atoms with Gasteiger partial charge in [0.25, 0.3) is 0 Å². The number of nitrogens with one attached hydrogen (secondary N) is 1. The van der Waals surface area contributed by atoms with Crippen LogP contribution in [0.4, 0.5) is 5.69 Å². The van der Waals surface area contributed by atoms with E-state index in [-0.39, 0.29) is 0 Å². The molecular formula is C11H12N2S. The number of hydrogen-bond donors (Lipinski definition) is 1. The molecule has 72 valence electrons. The largest absolute Gasteiger partial charge is 0.388 e. The van der Waals surface area contributed by atoms with E-state index in [0.29, 0.717) is 0 Å². The molecule has 0 amide bonds. The van der Waals surface area contributed by atoms with Crippen LogP contribution >= 0.6 is 11.3 Å². The maximum atomic E-state index is 4.36. The van der Waals surface area contributed by atoms with Gasteiger partial charge < -0.3 is 5.32 Å². The third-order valence-corrected chi connectivity index (χ3v) is 3.03. The second-order valence-electron chi connectivity index (χ2n) is 3.07. The SMILES string of the molecule is CNc1ccnc(-c2ccsc2C)c1. The van der Waals surface area contributed by atoms with Gasteiger partial charge in [-0.2, -0.15) is 0 Å². The summed E-state index contributed by atoms with van der Waals surface area (Å²) in [6.45, 7) is 2.12. The number of aryl methyl sites for hydroxylation is 1. The summed E-state index contributed by atoms with van der Waals surface area (Å²) in [5, 5.41) is 5.21. The second kappa shape index (κ2) is 3.80. The second-order valence-corrected chi connectivity index (χ2v) is 4.19. The topological polar surface area (TPSA) is 24.9 Å². The van der Waals surface area contributed by atoms with E-state index in [1.807, 2.05) is 19.3 Å². The number of rotatable bonds is 2. The Labute approximate surface area is 87.6 Å². The molecule has 2 aromatic rings. The number of thiophene rings is 1. The molecule has 2 rings (SSSR count). The van der Waals surface area contributed by atoms with Crippen molar-refractivity contribution in [2.75, 3.05) is 12.4 Å². The van der Waals surface area contributed by atoms with Crippen molar-refractivity contribution in [2.24, 2.45) is 0 Å². The summed E-state index contributed by atoms with van der Waals surface area (Å²) in [5.74, 6) is 0. The predicted octanol–water partition coefficient (Wildman–Crippen LogP) is 3.16. The summed E-state index contributed by atoms with van der Waals surface area (Å²) in [7, 11) is 1.92. The Kier molecular flexibility index (Phi) is 2.50. The van der Waals surface area contributed by atoms with E-state index in [4.69, 9.17) is 0 Å². The normalized spacial score (nSPS) is 10.1. The van der Waals surface area contributed by atoms with Crippen LogP contribution in [0.5, 0.6) is 0 Å². The van der Waals surface area contributed by atoms with Gasteiger partial charge in [0.15, 0.2) is 0 Å². The number of aromatic nitrogens is 1. The quantitative estimate of drug-likeness (QED) is 0.812. The molecule has 0 aliphatic heterocycles. The van der Waals surface area contributed by atoms with Gasteiger partial charge >= 0.3 is 0 Å². The van der Waals surface area contributed by atoms with Crippen LogP contribution in [0.15, 0.2) is 29.8 Å². The standard InChI is InChI=1S/C11H12N2S/c1-8-10(4-6-14-8)11-7-9(12-2)3-5-13-11/h3-7H,1-2H3,(H,12,13). The molecular weight excluding hydrogens is 192 g/mol. The Bertz CT molecular complexity index is 434. The Balaban J connectivity index is 2.47.